The van der Waals surface area contributed by atoms with Crippen molar-refractivity contribution in [2.24, 2.45) is 5.41 Å². The Balaban J connectivity index is 1.91. The maximum Gasteiger partial charge on any atom is 0.176 e. The van der Waals surface area contributed by atoms with Crippen molar-refractivity contribution in [3.05, 3.63) is 34.3 Å². The third-order valence-corrected chi connectivity index (χ3v) is 4.92. The van der Waals surface area contributed by atoms with Crippen molar-refractivity contribution in [2.75, 3.05) is 19.6 Å². The quantitative estimate of drug-likeness (QED) is 0.776. The van der Waals surface area contributed by atoms with Crippen molar-refractivity contribution < 1.29 is 4.79 Å². The van der Waals surface area contributed by atoms with E-state index in [1.165, 1.54) is 19.3 Å². The van der Waals surface area contributed by atoms with Crippen molar-refractivity contribution in [3.8, 4) is 0 Å². The number of hydrogen-bond acceptors (Lipinski definition) is 2. The molecule has 1 saturated heterocycles. The van der Waals surface area contributed by atoms with E-state index in [-0.39, 0.29) is 5.78 Å². The number of carbonyl (C=O) groups excluding carboxylic acids is 1. The fourth-order valence-electron chi connectivity index (χ4n) is 2.56. The van der Waals surface area contributed by atoms with E-state index in [0.717, 1.165) is 23.1 Å². The zero-order valence-corrected chi connectivity index (χ0v) is 13.4. The van der Waals surface area contributed by atoms with Crippen LogP contribution in [-0.2, 0) is 0 Å². The number of Topliss-reactive ketones (excluding diaryl/α,β-unsaturated/α-hetero) is 1. The summed E-state index contributed by atoms with van der Waals surface area (Å²) in [6.07, 6.45) is 3.64. The lowest BCUT2D eigenvalue weighted by Crippen LogP contribution is -2.40. The Morgan fingerprint density at radius 1 is 1.37 bits per heavy atom. The minimum Gasteiger partial charge on any atom is -0.296 e. The molecule has 1 heterocycles. The van der Waals surface area contributed by atoms with E-state index in [2.05, 4.69) is 34.7 Å². The highest BCUT2D eigenvalue weighted by Gasteiger charge is 2.28. The number of piperidine rings is 1. The molecule has 19 heavy (non-hydrogen) atoms. The largest absolute Gasteiger partial charge is 0.296 e. The maximum atomic E-state index is 12.2. The monoisotopic (exact) mass is 323 g/mol. The fourth-order valence-corrected chi connectivity index (χ4v) is 2.96. The molecule has 0 atom stereocenters. The highest BCUT2D eigenvalue weighted by Crippen LogP contribution is 2.33. The second-order valence-corrected chi connectivity index (χ2v) is 6.79. The summed E-state index contributed by atoms with van der Waals surface area (Å²) in [6.45, 7) is 7.27. The van der Waals surface area contributed by atoms with Crippen LogP contribution in [0, 0.1) is 5.41 Å². The zero-order chi connectivity index (χ0) is 13.9. The predicted molar refractivity (Wildman–Crippen MR) is 82.5 cm³/mol. The Morgan fingerprint density at radius 2 is 2.05 bits per heavy atom. The number of likely N-dealkylation sites (tertiary alicyclic amines) is 1. The van der Waals surface area contributed by atoms with Crippen molar-refractivity contribution in [3.63, 3.8) is 0 Å². The molecule has 1 fully saturated rings. The number of benzene rings is 1. The molecule has 104 valence electrons. The van der Waals surface area contributed by atoms with Crippen molar-refractivity contribution in [1.29, 1.82) is 0 Å². The average molecular weight is 324 g/mol. The molecule has 0 aromatic heterocycles. The summed E-state index contributed by atoms with van der Waals surface area (Å²) in [5.41, 5.74) is 1.29. The summed E-state index contributed by atoms with van der Waals surface area (Å²) in [5.74, 6) is 0.224. The van der Waals surface area contributed by atoms with E-state index < -0.39 is 0 Å². The summed E-state index contributed by atoms with van der Waals surface area (Å²) < 4.78 is 0.968. The van der Waals surface area contributed by atoms with Gasteiger partial charge in [-0.3, -0.25) is 9.69 Å². The molecule has 2 nitrogen and oxygen atoms in total. The van der Waals surface area contributed by atoms with Gasteiger partial charge < -0.3 is 0 Å². The molecule has 0 amide bonds. The van der Waals surface area contributed by atoms with Gasteiger partial charge in [-0.15, -0.1) is 0 Å². The van der Waals surface area contributed by atoms with Gasteiger partial charge >= 0.3 is 0 Å². The molecular formula is C16H22BrNO. The molecule has 0 N–H and O–H groups in total. The second-order valence-electron chi connectivity index (χ2n) is 5.87. The minimum absolute atomic E-state index is 0.224. The number of ketones is 1. The van der Waals surface area contributed by atoms with Crippen LogP contribution in [0.15, 0.2) is 28.7 Å². The van der Waals surface area contributed by atoms with E-state index in [1.54, 1.807) is 0 Å². The van der Waals surface area contributed by atoms with E-state index in [9.17, 15) is 4.79 Å². The first kappa shape index (κ1) is 14.7. The fraction of sp³-hybridized carbons (Fsp3) is 0.562. The highest BCUT2D eigenvalue weighted by molar-refractivity contribution is 9.10. The molecule has 3 heteroatoms. The number of carbonyl (C=O) groups is 1. The van der Waals surface area contributed by atoms with Crippen molar-refractivity contribution in [2.45, 2.75) is 33.1 Å². The lowest BCUT2D eigenvalue weighted by atomic mass is 9.78. The third kappa shape index (κ3) is 3.90. The van der Waals surface area contributed by atoms with Crippen LogP contribution in [0.5, 0.6) is 0 Å². The number of hydrogen-bond donors (Lipinski definition) is 0. The highest BCUT2D eigenvalue weighted by atomic mass is 79.9. The van der Waals surface area contributed by atoms with Gasteiger partial charge in [-0.25, -0.2) is 0 Å². The van der Waals surface area contributed by atoms with Crippen LogP contribution in [0.3, 0.4) is 0 Å². The van der Waals surface area contributed by atoms with E-state index in [1.807, 2.05) is 24.3 Å². The summed E-state index contributed by atoms with van der Waals surface area (Å²) >= 11 is 3.41. The first-order valence-electron chi connectivity index (χ1n) is 7.03. The van der Waals surface area contributed by atoms with Crippen LogP contribution in [0.2, 0.25) is 0 Å². The Bertz CT molecular complexity index is 450. The van der Waals surface area contributed by atoms with E-state index >= 15 is 0 Å². The maximum absolute atomic E-state index is 12.2. The molecule has 0 aliphatic carbocycles. The topological polar surface area (TPSA) is 20.3 Å². The molecule has 0 radical (unpaired) electrons. The minimum atomic E-state index is 0.224. The lowest BCUT2D eigenvalue weighted by molar-refractivity contribution is 0.0813. The lowest BCUT2D eigenvalue weighted by Gasteiger charge is -2.38. The van der Waals surface area contributed by atoms with Crippen LogP contribution in [-0.4, -0.2) is 30.3 Å². The first-order valence-corrected chi connectivity index (χ1v) is 7.83. The Morgan fingerprint density at radius 3 is 2.63 bits per heavy atom. The van der Waals surface area contributed by atoms with Crippen LogP contribution in [0.4, 0.5) is 0 Å². The molecule has 0 spiro atoms. The van der Waals surface area contributed by atoms with Gasteiger partial charge in [-0.05, 0) is 43.5 Å². The summed E-state index contributed by atoms with van der Waals surface area (Å²) in [5, 5.41) is 0. The van der Waals surface area contributed by atoms with Gasteiger partial charge in [-0.2, -0.15) is 0 Å². The molecule has 1 aliphatic heterocycles. The normalized spacial score (nSPS) is 19.3. The molecule has 2 rings (SSSR count). The molecule has 0 bridgehead atoms. The number of halogens is 1. The van der Waals surface area contributed by atoms with Gasteiger partial charge in [0.2, 0.25) is 0 Å². The molecular weight excluding hydrogens is 302 g/mol. The molecule has 1 aromatic rings. The van der Waals surface area contributed by atoms with Crippen molar-refractivity contribution in [1.82, 2.24) is 4.90 Å². The van der Waals surface area contributed by atoms with Gasteiger partial charge in [0.15, 0.2) is 5.78 Å². The van der Waals surface area contributed by atoms with Gasteiger partial charge in [0.25, 0.3) is 0 Å². The Kier molecular flexibility index (Phi) is 4.80. The standard InChI is InChI=1S/C16H22BrNO/c1-3-16(2)7-9-18(10-8-16)12-15(19)13-5-4-6-14(17)11-13/h4-6,11H,3,7-10,12H2,1-2H3. The van der Waals surface area contributed by atoms with Crippen LogP contribution < -0.4 is 0 Å². The Hall–Kier alpha value is -0.670. The van der Waals surface area contributed by atoms with Gasteiger partial charge in [0, 0.05) is 10.0 Å². The summed E-state index contributed by atoms with van der Waals surface area (Å²) in [4.78, 5) is 14.5. The summed E-state index contributed by atoms with van der Waals surface area (Å²) in [6, 6.07) is 7.67. The third-order valence-electron chi connectivity index (χ3n) is 4.43. The van der Waals surface area contributed by atoms with Crippen LogP contribution in [0.1, 0.15) is 43.5 Å². The van der Waals surface area contributed by atoms with E-state index in [4.69, 9.17) is 0 Å². The molecule has 0 unspecified atom stereocenters. The predicted octanol–water partition coefficient (Wildman–Crippen LogP) is 4.14. The number of rotatable bonds is 4. The molecule has 1 aromatic carbocycles. The van der Waals surface area contributed by atoms with Gasteiger partial charge in [0.1, 0.15) is 0 Å². The van der Waals surface area contributed by atoms with Crippen LogP contribution >= 0.6 is 15.9 Å². The van der Waals surface area contributed by atoms with Crippen molar-refractivity contribution >= 4 is 21.7 Å². The molecule has 1 aliphatic rings. The SMILES string of the molecule is CCC1(C)CCN(CC(=O)c2cccc(Br)c2)CC1. The van der Waals surface area contributed by atoms with Gasteiger partial charge in [-0.1, -0.05) is 48.3 Å². The van der Waals surface area contributed by atoms with Gasteiger partial charge in [0.05, 0.1) is 6.54 Å². The van der Waals surface area contributed by atoms with Crippen LogP contribution in [0.25, 0.3) is 0 Å². The Labute approximate surface area is 124 Å². The smallest absolute Gasteiger partial charge is 0.176 e. The summed E-state index contributed by atoms with van der Waals surface area (Å²) in [7, 11) is 0. The zero-order valence-electron chi connectivity index (χ0n) is 11.8. The molecule has 0 saturated carbocycles. The second kappa shape index (κ2) is 6.19. The number of nitrogens with zero attached hydrogens (tertiary/aromatic N) is 1. The average Bonchev–Trinajstić information content (AvgIpc) is 2.41. The first-order chi connectivity index (χ1) is 9.02. The van der Waals surface area contributed by atoms with E-state index in [0.29, 0.717) is 12.0 Å².